The maximum atomic E-state index is 12.0. The molecule has 0 N–H and O–H groups in total. The van der Waals surface area contributed by atoms with Crippen LogP contribution in [-0.2, 0) is 9.59 Å². The highest BCUT2D eigenvalue weighted by molar-refractivity contribution is 5.83. The van der Waals surface area contributed by atoms with Gasteiger partial charge in [-0.1, -0.05) is 57.6 Å². The quantitative estimate of drug-likeness (QED) is 0.250. The van der Waals surface area contributed by atoms with E-state index in [1.807, 2.05) is 0 Å². The van der Waals surface area contributed by atoms with Gasteiger partial charge in [-0.2, -0.15) is 0 Å². The van der Waals surface area contributed by atoms with Gasteiger partial charge in [-0.15, -0.1) is 0 Å². The zero-order valence-corrected chi connectivity index (χ0v) is 14.4. The van der Waals surface area contributed by atoms with E-state index in [1.165, 1.54) is 32.1 Å². The molecular weight excluding hydrogens is 272 g/mol. The molecule has 1 rings (SSSR count). The first-order valence-electron chi connectivity index (χ1n) is 9.42. The fourth-order valence-electron chi connectivity index (χ4n) is 3.45. The molecular formula is C20H34O2. The lowest BCUT2D eigenvalue weighted by atomic mass is 9.89. The van der Waals surface area contributed by atoms with Crippen LogP contribution in [0.5, 0.6) is 0 Å². The molecule has 0 spiro atoms. The molecule has 0 bridgehead atoms. The number of hydrogen-bond donors (Lipinski definition) is 0. The van der Waals surface area contributed by atoms with E-state index >= 15 is 0 Å². The highest BCUT2D eigenvalue weighted by Crippen LogP contribution is 2.34. The van der Waals surface area contributed by atoms with Gasteiger partial charge in [0, 0.05) is 18.8 Å². The maximum Gasteiger partial charge on any atom is 0.136 e. The van der Waals surface area contributed by atoms with Gasteiger partial charge in [0.15, 0.2) is 0 Å². The molecule has 0 aromatic rings. The van der Waals surface area contributed by atoms with Crippen molar-refractivity contribution in [1.29, 1.82) is 0 Å². The van der Waals surface area contributed by atoms with Crippen molar-refractivity contribution in [1.82, 2.24) is 0 Å². The molecule has 22 heavy (non-hydrogen) atoms. The Kier molecular flexibility index (Phi) is 11.0. The molecule has 1 saturated carbocycles. The summed E-state index contributed by atoms with van der Waals surface area (Å²) >= 11 is 0. The second-order valence-electron chi connectivity index (χ2n) is 6.71. The van der Waals surface area contributed by atoms with Gasteiger partial charge >= 0.3 is 0 Å². The molecule has 0 aliphatic heterocycles. The minimum atomic E-state index is 0.276. The number of aldehydes is 1. The summed E-state index contributed by atoms with van der Waals surface area (Å²) in [6.45, 7) is 2.24. The van der Waals surface area contributed by atoms with Crippen LogP contribution in [-0.4, -0.2) is 12.1 Å². The third kappa shape index (κ3) is 7.91. The zero-order chi connectivity index (χ0) is 16.0. The maximum absolute atomic E-state index is 12.0. The van der Waals surface area contributed by atoms with Gasteiger partial charge in [-0.25, -0.2) is 0 Å². The zero-order valence-electron chi connectivity index (χ0n) is 14.4. The van der Waals surface area contributed by atoms with Crippen LogP contribution in [0.3, 0.4) is 0 Å². The Morgan fingerprint density at radius 1 is 1.00 bits per heavy atom. The van der Waals surface area contributed by atoms with Gasteiger partial charge in [0.1, 0.15) is 12.1 Å². The smallest absolute Gasteiger partial charge is 0.136 e. The van der Waals surface area contributed by atoms with Crippen molar-refractivity contribution in [3.63, 3.8) is 0 Å². The molecule has 0 amide bonds. The van der Waals surface area contributed by atoms with Crippen LogP contribution in [0.4, 0.5) is 0 Å². The lowest BCUT2D eigenvalue weighted by Gasteiger charge is -2.14. The van der Waals surface area contributed by atoms with Crippen molar-refractivity contribution in [2.24, 2.45) is 11.8 Å². The van der Waals surface area contributed by atoms with Gasteiger partial charge in [0.2, 0.25) is 0 Å². The SMILES string of the molecule is CCCCCCC=C[C@H]1CCC(=O)[C@@H]1CCCCCCC=O. The lowest BCUT2D eigenvalue weighted by molar-refractivity contribution is -0.121. The summed E-state index contributed by atoms with van der Waals surface area (Å²) in [5, 5.41) is 0. The van der Waals surface area contributed by atoms with Crippen LogP contribution in [0.15, 0.2) is 12.2 Å². The van der Waals surface area contributed by atoms with Gasteiger partial charge in [0.05, 0.1) is 0 Å². The molecule has 0 saturated heterocycles. The van der Waals surface area contributed by atoms with Crippen molar-refractivity contribution >= 4 is 12.1 Å². The van der Waals surface area contributed by atoms with Crippen molar-refractivity contribution < 1.29 is 9.59 Å². The molecule has 0 aromatic carbocycles. The van der Waals surface area contributed by atoms with Crippen molar-refractivity contribution in [2.45, 2.75) is 90.4 Å². The van der Waals surface area contributed by atoms with Crippen LogP contribution in [0, 0.1) is 11.8 Å². The molecule has 0 heterocycles. The predicted octanol–water partition coefficient (Wildman–Crippen LogP) is 5.65. The Morgan fingerprint density at radius 2 is 1.73 bits per heavy atom. The van der Waals surface area contributed by atoms with E-state index in [0.29, 0.717) is 18.1 Å². The Bertz CT molecular complexity index is 333. The van der Waals surface area contributed by atoms with E-state index in [1.54, 1.807) is 0 Å². The van der Waals surface area contributed by atoms with E-state index in [0.717, 1.165) is 51.2 Å². The lowest BCUT2D eigenvalue weighted by Crippen LogP contribution is -2.13. The highest BCUT2D eigenvalue weighted by atomic mass is 16.1. The molecule has 1 aliphatic rings. The minimum Gasteiger partial charge on any atom is -0.303 e. The number of carbonyl (C=O) groups excluding carboxylic acids is 2. The second kappa shape index (κ2) is 12.6. The third-order valence-corrected chi connectivity index (χ3v) is 4.85. The predicted molar refractivity (Wildman–Crippen MR) is 92.9 cm³/mol. The first kappa shape index (κ1) is 19.1. The van der Waals surface area contributed by atoms with Crippen LogP contribution < -0.4 is 0 Å². The fraction of sp³-hybridized carbons (Fsp3) is 0.800. The molecule has 0 unspecified atom stereocenters. The highest BCUT2D eigenvalue weighted by Gasteiger charge is 2.31. The largest absolute Gasteiger partial charge is 0.303 e. The molecule has 0 aromatic heterocycles. The molecule has 0 radical (unpaired) electrons. The Hall–Kier alpha value is -0.920. The monoisotopic (exact) mass is 306 g/mol. The fourth-order valence-corrected chi connectivity index (χ4v) is 3.45. The number of carbonyl (C=O) groups is 2. The summed E-state index contributed by atoms with van der Waals surface area (Å²) < 4.78 is 0. The van der Waals surface area contributed by atoms with Gasteiger partial charge in [-0.3, -0.25) is 4.79 Å². The third-order valence-electron chi connectivity index (χ3n) is 4.85. The van der Waals surface area contributed by atoms with E-state index < -0.39 is 0 Å². The number of rotatable bonds is 13. The van der Waals surface area contributed by atoms with Gasteiger partial charge < -0.3 is 4.79 Å². The summed E-state index contributed by atoms with van der Waals surface area (Å²) in [7, 11) is 0. The second-order valence-corrected chi connectivity index (χ2v) is 6.71. The first-order valence-corrected chi connectivity index (χ1v) is 9.42. The normalized spacial score (nSPS) is 21.8. The topological polar surface area (TPSA) is 34.1 Å². The van der Waals surface area contributed by atoms with Crippen molar-refractivity contribution in [3.05, 3.63) is 12.2 Å². The van der Waals surface area contributed by atoms with Gasteiger partial charge in [0.25, 0.3) is 0 Å². The molecule has 2 nitrogen and oxygen atoms in total. The van der Waals surface area contributed by atoms with E-state index in [2.05, 4.69) is 19.1 Å². The summed E-state index contributed by atoms with van der Waals surface area (Å²) in [5.74, 6) is 1.25. The Labute approximate surface area is 136 Å². The Morgan fingerprint density at radius 3 is 2.50 bits per heavy atom. The van der Waals surface area contributed by atoms with E-state index in [-0.39, 0.29) is 5.92 Å². The van der Waals surface area contributed by atoms with Gasteiger partial charge in [-0.05, 0) is 38.0 Å². The summed E-state index contributed by atoms with van der Waals surface area (Å²) in [6.07, 6.45) is 20.0. The first-order chi connectivity index (χ1) is 10.8. The van der Waals surface area contributed by atoms with Crippen LogP contribution >= 0.6 is 0 Å². The van der Waals surface area contributed by atoms with Crippen molar-refractivity contribution in [3.8, 4) is 0 Å². The van der Waals surface area contributed by atoms with E-state index in [9.17, 15) is 9.59 Å². The number of allylic oxidation sites excluding steroid dienone is 2. The van der Waals surface area contributed by atoms with Crippen LogP contribution in [0.25, 0.3) is 0 Å². The van der Waals surface area contributed by atoms with Crippen LogP contribution in [0.2, 0.25) is 0 Å². The Balaban J connectivity index is 2.20. The molecule has 2 atom stereocenters. The molecule has 126 valence electrons. The number of unbranched alkanes of at least 4 members (excludes halogenated alkanes) is 8. The van der Waals surface area contributed by atoms with E-state index in [4.69, 9.17) is 0 Å². The summed E-state index contributed by atoms with van der Waals surface area (Å²) in [4.78, 5) is 22.3. The number of hydrogen-bond acceptors (Lipinski definition) is 2. The minimum absolute atomic E-state index is 0.276. The molecule has 1 aliphatic carbocycles. The van der Waals surface area contributed by atoms with Crippen molar-refractivity contribution in [2.75, 3.05) is 0 Å². The summed E-state index contributed by atoms with van der Waals surface area (Å²) in [5.41, 5.74) is 0. The van der Waals surface area contributed by atoms with Crippen LogP contribution in [0.1, 0.15) is 90.4 Å². The molecule has 2 heteroatoms. The number of ketones is 1. The molecule has 1 fully saturated rings. The average Bonchev–Trinajstić information content (AvgIpc) is 2.87. The summed E-state index contributed by atoms with van der Waals surface area (Å²) in [6, 6.07) is 0. The standard InChI is InChI=1S/C20H34O2/c1-2-3-4-5-7-10-13-18-15-16-20(22)19(18)14-11-8-6-9-12-17-21/h10,13,17-19H,2-9,11-12,14-16H2,1H3/t18-,19+/m0/s1. The average molecular weight is 306 g/mol. The number of Topliss-reactive ketones (excluding diaryl/α,β-unsaturated/α-hetero) is 1.